The molecular weight excluding hydrogens is 366 g/mol. The third-order valence-electron chi connectivity index (χ3n) is 7.46. The Balaban J connectivity index is 1.60. The van der Waals surface area contributed by atoms with Gasteiger partial charge in [-0.2, -0.15) is 0 Å². The topological polar surface area (TPSA) is 72.0 Å². The molecule has 3 atom stereocenters. The number of fused-ring (bicyclic) bond motifs is 2. The Morgan fingerprint density at radius 3 is 2.76 bits per heavy atom. The van der Waals surface area contributed by atoms with E-state index in [0.29, 0.717) is 23.9 Å². The van der Waals surface area contributed by atoms with E-state index in [1.54, 1.807) is 12.1 Å². The molecular formula is C24H29NO4. The predicted octanol–water partition coefficient (Wildman–Crippen LogP) is 5.41. The summed E-state index contributed by atoms with van der Waals surface area (Å²) in [5.74, 6) is 1.37. The minimum atomic E-state index is -0.359. The number of rotatable bonds is 3. The van der Waals surface area contributed by atoms with E-state index in [-0.39, 0.29) is 22.4 Å². The molecule has 0 spiro atoms. The van der Waals surface area contributed by atoms with Crippen LogP contribution in [0.1, 0.15) is 47.0 Å². The molecule has 1 heterocycles. The first-order valence-electron chi connectivity index (χ1n) is 10.3. The van der Waals surface area contributed by atoms with Crippen LogP contribution < -0.4 is 10.4 Å². The summed E-state index contributed by atoms with van der Waals surface area (Å²) >= 11 is 0. The van der Waals surface area contributed by atoms with E-state index in [9.17, 15) is 10.0 Å². The highest BCUT2D eigenvalue weighted by atomic mass is 16.5. The number of oxime groups is 1. The molecule has 1 saturated carbocycles. The van der Waals surface area contributed by atoms with Crippen molar-refractivity contribution < 1.29 is 14.4 Å². The summed E-state index contributed by atoms with van der Waals surface area (Å²) in [6.45, 7) is 9.51. The lowest BCUT2D eigenvalue weighted by molar-refractivity contribution is -0.000645. The van der Waals surface area contributed by atoms with Crippen LogP contribution in [0, 0.1) is 22.7 Å². The van der Waals surface area contributed by atoms with Crippen molar-refractivity contribution in [3.05, 3.63) is 52.4 Å². The molecule has 2 aromatic rings. The second kappa shape index (κ2) is 7.05. The lowest BCUT2D eigenvalue weighted by atomic mass is 9.48. The summed E-state index contributed by atoms with van der Waals surface area (Å²) in [6, 6.07) is 8.81. The Kier molecular flexibility index (Phi) is 4.80. The summed E-state index contributed by atoms with van der Waals surface area (Å²) < 4.78 is 11.5. The largest absolute Gasteiger partial charge is 0.493 e. The molecule has 4 rings (SSSR count). The lowest BCUT2D eigenvalue weighted by Gasteiger charge is -2.56. The molecule has 5 heteroatoms. The average molecular weight is 395 g/mol. The van der Waals surface area contributed by atoms with E-state index in [1.807, 2.05) is 12.1 Å². The highest BCUT2D eigenvalue weighted by Gasteiger charge is 2.54. The Morgan fingerprint density at radius 1 is 1.24 bits per heavy atom. The first-order chi connectivity index (χ1) is 13.8. The van der Waals surface area contributed by atoms with Crippen LogP contribution in [0.2, 0.25) is 0 Å². The first kappa shape index (κ1) is 19.7. The molecule has 2 aliphatic carbocycles. The van der Waals surface area contributed by atoms with Gasteiger partial charge in [0.15, 0.2) is 0 Å². The zero-order chi connectivity index (χ0) is 20.8. The molecule has 1 N–H and O–H groups in total. The van der Waals surface area contributed by atoms with Crippen LogP contribution in [-0.2, 0) is 0 Å². The molecule has 2 aliphatic rings. The Bertz CT molecular complexity index is 1050. The SMILES string of the molecule is CC1=CCC2C(C)(C)C(=NO)CCC2(C)C1COc1ccc2ccc(=O)oc2c1. The molecule has 29 heavy (non-hydrogen) atoms. The third-order valence-corrected chi connectivity index (χ3v) is 7.46. The maximum Gasteiger partial charge on any atom is 0.336 e. The maximum atomic E-state index is 11.5. The van der Waals surface area contributed by atoms with Gasteiger partial charge in [-0.25, -0.2) is 4.79 Å². The van der Waals surface area contributed by atoms with Crippen LogP contribution in [0.3, 0.4) is 0 Å². The molecule has 5 nitrogen and oxygen atoms in total. The van der Waals surface area contributed by atoms with Gasteiger partial charge in [-0.15, -0.1) is 0 Å². The fraction of sp³-hybridized carbons (Fsp3) is 0.500. The number of hydrogen-bond donors (Lipinski definition) is 1. The van der Waals surface area contributed by atoms with Crippen LogP contribution in [0.5, 0.6) is 5.75 Å². The standard InChI is InChI=1S/C24H29NO4/c1-15-5-9-20-23(2,3)21(25-27)11-12-24(20,4)18(15)14-28-17-8-6-16-7-10-22(26)29-19(16)13-17/h5-8,10,13,18,20,27H,9,11-12,14H2,1-4H3. The van der Waals surface area contributed by atoms with Gasteiger partial charge in [-0.1, -0.05) is 37.6 Å². The molecule has 0 radical (unpaired) electrons. The molecule has 0 bridgehead atoms. The molecule has 1 aromatic heterocycles. The van der Waals surface area contributed by atoms with E-state index < -0.39 is 0 Å². The predicted molar refractivity (Wildman–Crippen MR) is 114 cm³/mol. The number of ether oxygens (including phenoxy) is 1. The fourth-order valence-corrected chi connectivity index (χ4v) is 5.67. The third kappa shape index (κ3) is 3.26. The van der Waals surface area contributed by atoms with Gasteiger partial charge in [0.05, 0.1) is 12.3 Å². The van der Waals surface area contributed by atoms with Crippen molar-refractivity contribution in [3.63, 3.8) is 0 Å². The minimum Gasteiger partial charge on any atom is -0.493 e. The van der Waals surface area contributed by atoms with Crippen molar-refractivity contribution >= 4 is 16.7 Å². The number of allylic oxidation sites excluding steroid dienone is 1. The van der Waals surface area contributed by atoms with Crippen LogP contribution in [0.4, 0.5) is 0 Å². The Morgan fingerprint density at radius 2 is 2.00 bits per heavy atom. The molecule has 1 aromatic carbocycles. The van der Waals surface area contributed by atoms with Gasteiger partial charge in [0.1, 0.15) is 11.3 Å². The highest BCUT2D eigenvalue weighted by Crippen LogP contribution is 2.58. The van der Waals surface area contributed by atoms with E-state index in [0.717, 1.165) is 30.4 Å². The van der Waals surface area contributed by atoms with Crippen molar-refractivity contribution in [1.82, 2.24) is 0 Å². The highest BCUT2D eigenvalue weighted by molar-refractivity contribution is 5.90. The van der Waals surface area contributed by atoms with Gasteiger partial charge in [0.25, 0.3) is 0 Å². The van der Waals surface area contributed by atoms with Crippen molar-refractivity contribution in [2.24, 2.45) is 27.8 Å². The fourth-order valence-electron chi connectivity index (χ4n) is 5.67. The van der Waals surface area contributed by atoms with Gasteiger partial charge in [-0.05, 0) is 55.7 Å². The average Bonchev–Trinajstić information content (AvgIpc) is 2.66. The number of nitrogens with zero attached hydrogens (tertiary/aromatic N) is 1. The van der Waals surface area contributed by atoms with Gasteiger partial charge >= 0.3 is 5.63 Å². The zero-order valence-corrected chi connectivity index (χ0v) is 17.6. The first-order valence-corrected chi connectivity index (χ1v) is 10.3. The molecule has 0 aliphatic heterocycles. The van der Waals surface area contributed by atoms with Crippen molar-refractivity contribution in [1.29, 1.82) is 0 Å². The van der Waals surface area contributed by atoms with Crippen LogP contribution in [0.15, 0.2) is 56.3 Å². The van der Waals surface area contributed by atoms with Crippen molar-refractivity contribution in [2.75, 3.05) is 6.61 Å². The molecule has 0 saturated heterocycles. The van der Waals surface area contributed by atoms with E-state index in [1.165, 1.54) is 11.6 Å². The molecule has 0 amide bonds. The van der Waals surface area contributed by atoms with E-state index in [2.05, 4.69) is 38.9 Å². The van der Waals surface area contributed by atoms with Gasteiger partial charge in [0.2, 0.25) is 0 Å². The summed E-state index contributed by atoms with van der Waals surface area (Å²) in [5, 5.41) is 14.0. The number of hydrogen-bond acceptors (Lipinski definition) is 5. The Labute approximate surface area is 171 Å². The van der Waals surface area contributed by atoms with Crippen LogP contribution in [-0.4, -0.2) is 17.5 Å². The van der Waals surface area contributed by atoms with Gasteiger partial charge < -0.3 is 14.4 Å². The maximum absolute atomic E-state index is 11.5. The van der Waals surface area contributed by atoms with Gasteiger partial charge in [-0.3, -0.25) is 0 Å². The van der Waals surface area contributed by atoms with Crippen molar-refractivity contribution in [3.8, 4) is 5.75 Å². The quantitative estimate of drug-likeness (QED) is 0.326. The normalized spacial score (nSPS) is 30.1. The van der Waals surface area contributed by atoms with Crippen LogP contribution >= 0.6 is 0 Å². The Hall–Kier alpha value is -2.56. The molecule has 1 fully saturated rings. The number of benzene rings is 1. The summed E-state index contributed by atoms with van der Waals surface area (Å²) in [7, 11) is 0. The summed E-state index contributed by atoms with van der Waals surface area (Å²) in [6.07, 6.45) is 5.10. The summed E-state index contributed by atoms with van der Waals surface area (Å²) in [5.41, 5.74) is 2.36. The van der Waals surface area contributed by atoms with Crippen LogP contribution in [0.25, 0.3) is 11.0 Å². The van der Waals surface area contributed by atoms with Crippen molar-refractivity contribution in [2.45, 2.75) is 47.0 Å². The van der Waals surface area contributed by atoms with Gasteiger partial charge in [0, 0.05) is 28.9 Å². The minimum absolute atomic E-state index is 0.0694. The second-order valence-electron chi connectivity index (χ2n) is 9.33. The lowest BCUT2D eigenvalue weighted by Crippen LogP contribution is -2.53. The molecule has 154 valence electrons. The zero-order valence-electron chi connectivity index (χ0n) is 17.6. The smallest absolute Gasteiger partial charge is 0.336 e. The molecule has 3 unspecified atom stereocenters. The van der Waals surface area contributed by atoms with E-state index in [4.69, 9.17) is 9.15 Å². The van der Waals surface area contributed by atoms with E-state index >= 15 is 0 Å². The second-order valence-corrected chi connectivity index (χ2v) is 9.33. The monoisotopic (exact) mass is 395 g/mol. The summed E-state index contributed by atoms with van der Waals surface area (Å²) in [4.78, 5) is 11.5.